The predicted molar refractivity (Wildman–Crippen MR) is 96.6 cm³/mol. The van der Waals surface area contributed by atoms with Gasteiger partial charge in [0.25, 0.3) is 0 Å². The van der Waals surface area contributed by atoms with Gasteiger partial charge in [-0.1, -0.05) is 78.9 Å². The lowest BCUT2D eigenvalue weighted by Gasteiger charge is -2.16. The molecule has 1 N–H and O–H groups in total. The van der Waals surface area contributed by atoms with Gasteiger partial charge < -0.3 is 5.11 Å². The minimum atomic E-state index is -0.495. The molecular formula is C22H18O. The zero-order valence-electron chi connectivity index (χ0n) is 12.8. The Morgan fingerprint density at radius 2 is 1.17 bits per heavy atom. The summed E-state index contributed by atoms with van der Waals surface area (Å²) < 4.78 is 0. The van der Waals surface area contributed by atoms with Gasteiger partial charge in [-0.25, -0.2) is 0 Å². The van der Waals surface area contributed by atoms with E-state index in [4.69, 9.17) is 0 Å². The van der Waals surface area contributed by atoms with Gasteiger partial charge in [0.1, 0.15) is 0 Å². The molecule has 0 aromatic heterocycles. The predicted octanol–water partition coefficient (Wildman–Crippen LogP) is 5.27. The summed E-state index contributed by atoms with van der Waals surface area (Å²) in [5.41, 5.74) is 2.18. The van der Waals surface area contributed by atoms with Gasteiger partial charge in [-0.15, -0.1) is 0 Å². The molecule has 4 aromatic carbocycles. The first-order chi connectivity index (χ1) is 11.3. The number of aliphatic hydroxyl groups excluding tert-OH is 1. The maximum atomic E-state index is 10.7. The van der Waals surface area contributed by atoms with Crippen molar-refractivity contribution in [1.29, 1.82) is 0 Å². The fourth-order valence-electron chi connectivity index (χ4n) is 3.31. The SMILES string of the molecule is OC(Cc1c2ccccc2cc2ccccc12)c1ccccc1. The summed E-state index contributed by atoms with van der Waals surface area (Å²) in [5, 5.41) is 15.6. The highest BCUT2D eigenvalue weighted by Crippen LogP contribution is 2.31. The molecule has 1 heteroatoms. The Kier molecular flexibility index (Phi) is 3.57. The number of benzene rings is 4. The molecule has 0 fully saturated rings. The third-order valence-corrected chi connectivity index (χ3v) is 4.46. The maximum Gasteiger partial charge on any atom is 0.0830 e. The van der Waals surface area contributed by atoms with Crippen molar-refractivity contribution in [2.24, 2.45) is 0 Å². The Hall–Kier alpha value is -2.64. The number of hydrogen-bond donors (Lipinski definition) is 1. The quantitative estimate of drug-likeness (QED) is 0.511. The molecular weight excluding hydrogens is 280 g/mol. The van der Waals surface area contributed by atoms with Crippen molar-refractivity contribution >= 4 is 21.5 Å². The van der Waals surface area contributed by atoms with Gasteiger partial charge in [-0.05, 0) is 38.7 Å². The largest absolute Gasteiger partial charge is 0.388 e. The molecule has 0 heterocycles. The van der Waals surface area contributed by atoms with Gasteiger partial charge in [-0.2, -0.15) is 0 Å². The summed E-state index contributed by atoms with van der Waals surface area (Å²) in [5.74, 6) is 0. The molecule has 0 saturated carbocycles. The van der Waals surface area contributed by atoms with E-state index in [2.05, 4.69) is 54.6 Å². The number of aliphatic hydroxyl groups is 1. The summed E-state index contributed by atoms with van der Waals surface area (Å²) in [6, 6.07) is 28.9. The fraction of sp³-hybridized carbons (Fsp3) is 0.0909. The highest BCUT2D eigenvalue weighted by atomic mass is 16.3. The van der Waals surface area contributed by atoms with Crippen LogP contribution in [0.4, 0.5) is 0 Å². The molecule has 1 nitrogen and oxygen atoms in total. The van der Waals surface area contributed by atoms with E-state index < -0.39 is 6.10 Å². The molecule has 0 aliphatic carbocycles. The Labute approximate surface area is 135 Å². The molecule has 4 aromatic rings. The van der Waals surface area contributed by atoms with Crippen LogP contribution in [0.15, 0.2) is 84.9 Å². The molecule has 0 aliphatic heterocycles. The van der Waals surface area contributed by atoms with Crippen LogP contribution in [0.25, 0.3) is 21.5 Å². The van der Waals surface area contributed by atoms with Crippen LogP contribution in [-0.2, 0) is 6.42 Å². The Bertz CT molecular complexity index is 903. The lowest BCUT2D eigenvalue weighted by molar-refractivity contribution is 0.179. The molecule has 0 radical (unpaired) electrons. The summed E-state index contributed by atoms with van der Waals surface area (Å²) in [6.07, 6.45) is 0.122. The van der Waals surface area contributed by atoms with E-state index in [0.717, 1.165) is 5.56 Å². The second-order valence-electron chi connectivity index (χ2n) is 5.93. The van der Waals surface area contributed by atoms with Crippen molar-refractivity contribution in [3.8, 4) is 0 Å². The van der Waals surface area contributed by atoms with Crippen molar-refractivity contribution in [1.82, 2.24) is 0 Å². The van der Waals surface area contributed by atoms with Crippen molar-refractivity contribution in [2.75, 3.05) is 0 Å². The first kappa shape index (κ1) is 14.0. The van der Waals surface area contributed by atoms with Crippen LogP contribution in [0.1, 0.15) is 17.2 Å². The zero-order valence-corrected chi connectivity index (χ0v) is 12.8. The monoisotopic (exact) mass is 298 g/mol. The molecule has 23 heavy (non-hydrogen) atoms. The van der Waals surface area contributed by atoms with Crippen LogP contribution in [0, 0.1) is 0 Å². The lowest BCUT2D eigenvalue weighted by Crippen LogP contribution is -2.03. The topological polar surface area (TPSA) is 20.2 Å². The molecule has 1 atom stereocenters. The Balaban J connectivity index is 1.89. The minimum absolute atomic E-state index is 0.495. The van der Waals surface area contributed by atoms with E-state index in [1.54, 1.807) is 0 Å². The number of rotatable bonds is 3. The Morgan fingerprint density at radius 1 is 0.652 bits per heavy atom. The Morgan fingerprint density at radius 3 is 1.78 bits per heavy atom. The van der Waals surface area contributed by atoms with Crippen LogP contribution in [0.5, 0.6) is 0 Å². The van der Waals surface area contributed by atoms with Crippen LogP contribution in [-0.4, -0.2) is 5.11 Å². The van der Waals surface area contributed by atoms with Crippen molar-refractivity contribution < 1.29 is 5.11 Å². The van der Waals surface area contributed by atoms with Gasteiger partial charge >= 0.3 is 0 Å². The first-order valence-electron chi connectivity index (χ1n) is 7.95. The van der Waals surface area contributed by atoms with Crippen molar-refractivity contribution in [3.63, 3.8) is 0 Å². The smallest absolute Gasteiger partial charge is 0.0830 e. The lowest BCUT2D eigenvalue weighted by atomic mass is 9.91. The van der Waals surface area contributed by atoms with Crippen molar-refractivity contribution in [2.45, 2.75) is 12.5 Å². The zero-order chi connectivity index (χ0) is 15.6. The van der Waals surface area contributed by atoms with Gasteiger partial charge in [0.2, 0.25) is 0 Å². The van der Waals surface area contributed by atoms with Crippen LogP contribution in [0.2, 0.25) is 0 Å². The molecule has 4 rings (SSSR count). The highest BCUT2D eigenvalue weighted by molar-refractivity contribution is 6.02. The minimum Gasteiger partial charge on any atom is -0.388 e. The summed E-state index contributed by atoms with van der Waals surface area (Å²) >= 11 is 0. The van der Waals surface area contributed by atoms with Crippen molar-refractivity contribution in [3.05, 3.63) is 96.1 Å². The van der Waals surface area contributed by atoms with Crippen LogP contribution in [0.3, 0.4) is 0 Å². The second kappa shape index (κ2) is 5.86. The normalized spacial score (nSPS) is 12.6. The summed E-state index contributed by atoms with van der Waals surface area (Å²) in [4.78, 5) is 0. The standard InChI is InChI=1S/C22H18O/c23-22(16-8-2-1-3-9-16)15-21-19-12-6-4-10-17(19)14-18-11-5-7-13-20(18)21/h1-14,22-23H,15H2. The van der Waals surface area contributed by atoms with E-state index in [-0.39, 0.29) is 0 Å². The molecule has 1 unspecified atom stereocenters. The first-order valence-corrected chi connectivity index (χ1v) is 7.95. The van der Waals surface area contributed by atoms with E-state index >= 15 is 0 Å². The van der Waals surface area contributed by atoms with Gasteiger partial charge in [0, 0.05) is 6.42 Å². The molecule has 0 spiro atoms. The molecule has 112 valence electrons. The summed E-state index contributed by atoms with van der Waals surface area (Å²) in [6.45, 7) is 0. The second-order valence-corrected chi connectivity index (χ2v) is 5.93. The molecule has 0 saturated heterocycles. The van der Waals surface area contributed by atoms with E-state index in [1.807, 2.05) is 30.3 Å². The van der Waals surface area contributed by atoms with E-state index in [0.29, 0.717) is 6.42 Å². The average molecular weight is 298 g/mol. The number of hydrogen-bond acceptors (Lipinski definition) is 1. The fourth-order valence-corrected chi connectivity index (χ4v) is 3.31. The highest BCUT2D eigenvalue weighted by Gasteiger charge is 2.13. The van der Waals surface area contributed by atoms with E-state index in [9.17, 15) is 5.11 Å². The molecule has 0 aliphatic rings. The van der Waals surface area contributed by atoms with Crippen LogP contribution < -0.4 is 0 Å². The van der Waals surface area contributed by atoms with Gasteiger partial charge in [0.05, 0.1) is 6.10 Å². The van der Waals surface area contributed by atoms with Gasteiger partial charge in [-0.3, -0.25) is 0 Å². The number of fused-ring (bicyclic) bond motifs is 2. The third-order valence-electron chi connectivity index (χ3n) is 4.46. The third kappa shape index (κ3) is 2.60. The average Bonchev–Trinajstić information content (AvgIpc) is 2.62. The van der Waals surface area contributed by atoms with Crippen LogP contribution >= 0.6 is 0 Å². The van der Waals surface area contributed by atoms with Gasteiger partial charge in [0.15, 0.2) is 0 Å². The summed E-state index contributed by atoms with van der Waals surface area (Å²) in [7, 11) is 0. The maximum absolute atomic E-state index is 10.7. The molecule has 0 amide bonds. The van der Waals surface area contributed by atoms with E-state index in [1.165, 1.54) is 27.1 Å². The molecule has 0 bridgehead atoms.